The van der Waals surface area contributed by atoms with Gasteiger partial charge < -0.3 is 14.6 Å². The normalized spacial score (nSPS) is 10.5. The number of hydrogen-bond donors (Lipinski definition) is 1. The first-order valence-corrected chi connectivity index (χ1v) is 6.06. The van der Waals surface area contributed by atoms with E-state index >= 15 is 0 Å². The third-order valence-electron chi connectivity index (χ3n) is 3.00. The zero-order valence-corrected chi connectivity index (χ0v) is 11.2. The molecule has 2 aromatic carbocycles. The van der Waals surface area contributed by atoms with Gasteiger partial charge >= 0.3 is 5.97 Å². The number of aryl methyl sites for hydroxylation is 1. The van der Waals surface area contributed by atoms with Crippen LogP contribution in [0.5, 0.6) is 11.5 Å². The van der Waals surface area contributed by atoms with E-state index in [9.17, 15) is 9.90 Å². The van der Waals surface area contributed by atoms with Gasteiger partial charge in [0.25, 0.3) is 0 Å². The molecule has 0 aliphatic rings. The van der Waals surface area contributed by atoms with Gasteiger partial charge in [-0.15, -0.1) is 0 Å². The second kappa shape index (κ2) is 5.18. The van der Waals surface area contributed by atoms with Crippen LogP contribution in [0.15, 0.2) is 24.3 Å². The summed E-state index contributed by atoms with van der Waals surface area (Å²) in [6.07, 6.45) is 0. The van der Waals surface area contributed by atoms with Crippen molar-refractivity contribution in [3.8, 4) is 11.5 Å². The molecule has 1 N–H and O–H groups in total. The minimum Gasteiger partial charge on any atom is -0.507 e. The van der Waals surface area contributed by atoms with Crippen molar-refractivity contribution in [2.24, 2.45) is 0 Å². The summed E-state index contributed by atoms with van der Waals surface area (Å²) in [4.78, 5) is 12.1. The molecular weight excluding hydrogens is 244 g/mol. The SMILES string of the molecule is CCOC(=O)c1c(C)cc(O)c2cccc(OC)c12. The number of methoxy groups -OCH3 is 1. The lowest BCUT2D eigenvalue weighted by atomic mass is 9.98. The predicted molar refractivity (Wildman–Crippen MR) is 72.9 cm³/mol. The molecule has 0 saturated heterocycles. The topological polar surface area (TPSA) is 55.8 Å². The van der Waals surface area contributed by atoms with Crippen molar-refractivity contribution in [1.29, 1.82) is 0 Å². The summed E-state index contributed by atoms with van der Waals surface area (Å²) in [6, 6.07) is 6.83. The van der Waals surface area contributed by atoms with Crippen LogP contribution in [0.4, 0.5) is 0 Å². The number of esters is 1. The molecule has 2 aromatic rings. The van der Waals surface area contributed by atoms with E-state index in [-0.39, 0.29) is 5.75 Å². The Labute approximate surface area is 111 Å². The van der Waals surface area contributed by atoms with Crippen LogP contribution in [0.25, 0.3) is 10.8 Å². The van der Waals surface area contributed by atoms with Crippen molar-refractivity contribution in [2.75, 3.05) is 13.7 Å². The minimum absolute atomic E-state index is 0.124. The van der Waals surface area contributed by atoms with Gasteiger partial charge in [0.15, 0.2) is 0 Å². The van der Waals surface area contributed by atoms with Gasteiger partial charge in [-0.2, -0.15) is 0 Å². The molecule has 0 saturated carbocycles. The molecule has 0 aromatic heterocycles. The molecule has 2 rings (SSSR count). The fourth-order valence-corrected chi connectivity index (χ4v) is 2.19. The zero-order chi connectivity index (χ0) is 14.0. The van der Waals surface area contributed by atoms with E-state index in [2.05, 4.69) is 0 Å². The Morgan fingerprint density at radius 1 is 1.37 bits per heavy atom. The standard InChI is InChI=1S/C15H16O4/c1-4-19-15(17)13-9(2)8-11(16)10-6-5-7-12(18-3)14(10)13/h5-8,16H,4H2,1-3H3. The second-order valence-electron chi connectivity index (χ2n) is 4.19. The van der Waals surface area contributed by atoms with Crippen LogP contribution in [-0.4, -0.2) is 24.8 Å². The summed E-state index contributed by atoms with van der Waals surface area (Å²) in [5.41, 5.74) is 1.10. The lowest BCUT2D eigenvalue weighted by molar-refractivity contribution is 0.0527. The molecule has 19 heavy (non-hydrogen) atoms. The second-order valence-corrected chi connectivity index (χ2v) is 4.19. The summed E-state index contributed by atoms with van der Waals surface area (Å²) in [6.45, 7) is 3.82. The Balaban J connectivity index is 2.84. The summed E-state index contributed by atoms with van der Waals surface area (Å²) >= 11 is 0. The lowest BCUT2D eigenvalue weighted by Gasteiger charge is -2.13. The van der Waals surface area contributed by atoms with E-state index in [1.807, 2.05) is 0 Å². The maximum Gasteiger partial charge on any atom is 0.339 e. The summed E-state index contributed by atoms with van der Waals surface area (Å²) < 4.78 is 10.4. The van der Waals surface area contributed by atoms with Gasteiger partial charge in [0.2, 0.25) is 0 Å². The highest BCUT2D eigenvalue weighted by Gasteiger charge is 2.19. The summed E-state index contributed by atoms with van der Waals surface area (Å²) in [7, 11) is 1.53. The van der Waals surface area contributed by atoms with Crippen LogP contribution in [0, 0.1) is 6.92 Å². The van der Waals surface area contributed by atoms with Crippen molar-refractivity contribution in [3.63, 3.8) is 0 Å². The van der Waals surface area contributed by atoms with Gasteiger partial charge in [0.05, 0.1) is 19.3 Å². The van der Waals surface area contributed by atoms with Crippen LogP contribution in [0.2, 0.25) is 0 Å². The van der Waals surface area contributed by atoms with Gasteiger partial charge in [0.1, 0.15) is 11.5 Å². The number of benzene rings is 2. The first-order chi connectivity index (χ1) is 9.10. The number of carbonyl (C=O) groups excluding carboxylic acids is 1. The number of phenols is 1. The third kappa shape index (κ3) is 2.21. The van der Waals surface area contributed by atoms with Gasteiger partial charge in [0, 0.05) is 10.8 Å². The van der Waals surface area contributed by atoms with Crippen molar-refractivity contribution >= 4 is 16.7 Å². The fraction of sp³-hybridized carbons (Fsp3) is 0.267. The van der Waals surface area contributed by atoms with E-state index in [1.54, 1.807) is 38.1 Å². The Morgan fingerprint density at radius 3 is 2.74 bits per heavy atom. The monoisotopic (exact) mass is 260 g/mol. The van der Waals surface area contributed by atoms with Crippen LogP contribution in [-0.2, 0) is 4.74 Å². The van der Waals surface area contributed by atoms with Gasteiger partial charge in [-0.3, -0.25) is 0 Å². The van der Waals surface area contributed by atoms with Crippen LogP contribution in [0.1, 0.15) is 22.8 Å². The molecule has 0 radical (unpaired) electrons. The number of ether oxygens (including phenoxy) is 2. The van der Waals surface area contributed by atoms with E-state index in [1.165, 1.54) is 7.11 Å². The first-order valence-electron chi connectivity index (χ1n) is 6.06. The van der Waals surface area contributed by atoms with Gasteiger partial charge in [-0.1, -0.05) is 12.1 Å². The molecule has 0 spiro atoms. The average Bonchev–Trinajstić information content (AvgIpc) is 2.38. The maximum atomic E-state index is 12.1. The first kappa shape index (κ1) is 13.2. The van der Waals surface area contributed by atoms with Crippen LogP contribution in [0.3, 0.4) is 0 Å². The number of hydrogen-bond acceptors (Lipinski definition) is 4. The molecule has 0 unspecified atom stereocenters. The lowest BCUT2D eigenvalue weighted by Crippen LogP contribution is -2.08. The molecule has 0 aliphatic heterocycles. The Bertz CT molecular complexity index is 632. The molecular formula is C15H16O4. The molecule has 0 atom stereocenters. The van der Waals surface area contributed by atoms with Crippen molar-refractivity contribution in [1.82, 2.24) is 0 Å². The van der Waals surface area contributed by atoms with Crippen LogP contribution >= 0.6 is 0 Å². The van der Waals surface area contributed by atoms with E-state index in [4.69, 9.17) is 9.47 Å². The largest absolute Gasteiger partial charge is 0.507 e. The van der Waals surface area contributed by atoms with Gasteiger partial charge in [-0.05, 0) is 31.5 Å². The highest BCUT2D eigenvalue weighted by atomic mass is 16.5. The predicted octanol–water partition coefficient (Wildman–Crippen LogP) is 3.04. The Kier molecular flexibility index (Phi) is 3.60. The summed E-state index contributed by atoms with van der Waals surface area (Å²) in [5.74, 6) is 0.258. The number of rotatable bonds is 3. The Hall–Kier alpha value is -2.23. The van der Waals surface area contributed by atoms with Gasteiger partial charge in [-0.25, -0.2) is 4.79 Å². The smallest absolute Gasteiger partial charge is 0.339 e. The van der Waals surface area contributed by atoms with E-state index < -0.39 is 5.97 Å². The molecule has 0 aliphatic carbocycles. The highest BCUT2D eigenvalue weighted by molar-refractivity contribution is 6.10. The highest BCUT2D eigenvalue weighted by Crippen LogP contribution is 2.36. The molecule has 0 bridgehead atoms. The third-order valence-corrected chi connectivity index (χ3v) is 3.00. The quantitative estimate of drug-likeness (QED) is 0.862. The number of fused-ring (bicyclic) bond motifs is 1. The van der Waals surface area contributed by atoms with Crippen molar-refractivity contribution < 1.29 is 19.4 Å². The fourth-order valence-electron chi connectivity index (χ4n) is 2.19. The zero-order valence-electron chi connectivity index (χ0n) is 11.2. The number of aromatic hydroxyl groups is 1. The van der Waals surface area contributed by atoms with E-state index in [0.29, 0.717) is 34.3 Å². The minimum atomic E-state index is -0.408. The summed E-state index contributed by atoms with van der Waals surface area (Å²) in [5, 5.41) is 11.2. The van der Waals surface area contributed by atoms with Crippen molar-refractivity contribution in [3.05, 3.63) is 35.4 Å². The molecule has 4 heteroatoms. The maximum absolute atomic E-state index is 12.1. The average molecular weight is 260 g/mol. The molecule has 0 heterocycles. The molecule has 100 valence electrons. The van der Waals surface area contributed by atoms with Crippen molar-refractivity contribution in [2.45, 2.75) is 13.8 Å². The number of phenolic OH excluding ortho intramolecular Hbond substituents is 1. The molecule has 4 nitrogen and oxygen atoms in total. The Morgan fingerprint density at radius 2 is 2.11 bits per heavy atom. The molecule has 0 fully saturated rings. The molecule has 0 amide bonds. The van der Waals surface area contributed by atoms with Crippen LogP contribution < -0.4 is 4.74 Å². The number of carbonyl (C=O) groups is 1. The van der Waals surface area contributed by atoms with E-state index in [0.717, 1.165) is 0 Å².